The van der Waals surface area contributed by atoms with Crippen LogP contribution >= 0.6 is 0 Å². The Balaban J connectivity index is 1.18. The number of aryl methyl sites for hydroxylation is 6. The molecule has 7 aromatic carbocycles. The van der Waals surface area contributed by atoms with Gasteiger partial charge in [0.05, 0.1) is 22.4 Å². The number of aromatic nitrogens is 3. The number of oxazole rings is 1. The van der Waals surface area contributed by atoms with Crippen molar-refractivity contribution in [3.8, 4) is 67.3 Å². The molecule has 0 saturated heterocycles. The highest BCUT2D eigenvalue weighted by Crippen LogP contribution is 2.43. The van der Waals surface area contributed by atoms with Crippen LogP contribution in [0, 0.1) is 41.5 Å². The molecule has 0 saturated carbocycles. The van der Waals surface area contributed by atoms with Crippen LogP contribution in [-0.2, 0) is 0 Å². The molecule has 0 atom stereocenters. The van der Waals surface area contributed by atoms with Crippen LogP contribution in [0.5, 0.6) is 0 Å². The first-order valence-corrected chi connectivity index (χ1v) is 18.8. The van der Waals surface area contributed by atoms with E-state index in [0.717, 1.165) is 61.3 Å². The molecule has 2 heterocycles. The normalized spacial score (nSPS) is 11.5. The zero-order chi connectivity index (χ0) is 37.8. The van der Waals surface area contributed by atoms with E-state index in [0.29, 0.717) is 5.89 Å². The Bertz CT molecular complexity index is 2820. The standard InChI is InChI=1S/C51H41N3O/c1-30-24-32(3)47(33(4)25-30)41-28-44-45(29-42(41)48-34(5)26-31(2)27-35(48)6)53-50(49(52-44)38-12-8-7-9-13-38)39-20-16-36(17-21-39)37-18-22-40(23-19-37)51-54-43-14-10-11-15-46(43)55-51/h7-29H,1-6H3. The SMILES string of the molecule is Cc1cc(C)c(-c2cc3nc(-c4ccccc4)c(-c4ccc(-c5ccc(-c6nc7ccccc7o6)cc5)cc4)nc3cc2-c2c(C)cc(C)cc2C)c(C)c1. The van der Waals surface area contributed by atoms with Crippen LogP contribution in [0.25, 0.3) is 89.5 Å². The van der Waals surface area contributed by atoms with Gasteiger partial charge in [-0.3, -0.25) is 0 Å². The number of benzene rings is 7. The molecular weight excluding hydrogens is 671 g/mol. The van der Waals surface area contributed by atoms with Gasteiger partial charge in [-0.1, -0.05) is 114 Å². The molecule has 4 nitrogen and oxygen atoms in total. The fraction of sp³-hybridized carbons (Fsp3) is 0.118. The van der Waals surface area contributed by atoms with Crippen molar-refractivity contribution >= 4 is 22.1 Å². The topological polar surface area (TPSA) is 51.8 Å². The molecule has 0 unspecified atom stereocenters. The molecule has 0 aliphatic rings. The third-order valence-corrected chi connectivity index (χ3v) is 10.7. The third-order valence-electron chi connectivity index (χ3n) is 10.7. The highest BCUT2D eigenvalue weighted by molar-refractivity contribution is 5.98. The molecule has 0 radical (unpaired) electrons. The second kappa shape index (κ2) is 13.6. The summed E-state index contributed by atoms with van der Waals surface area (Å²) >= 11 is 0. The fourth-order valence-corrected chi connectivity index (χ4v) is 8.35. The van der Waals surface area contributed by atoms with Gasteiger partial charge in [0, 0.05) is 16.7 Å². The van der Waals surface area contributed by atoms with Crippen LogP contribution in [0.15, 0.2) is 144 Å². The van der Waals surface area contributed by atoms with E-state index in [1.165, 1.54) is 55.6 Å². The lowest BCUT2D eigenvalue weighted by atomic mass is 9.85. The molecule has 0 bridgehead atoms. The molecule has 0 amide bonds. The summed E-state index contributed by atoms with van der Waals surface area (Å²) in [6.45, 7) is 13.2. The van der Waals surface area contributed by atoms with Crippen LogP contribution in [0.3, 0.4) is 0 Å². The van der Waals surface area contributed by atoms with E-state index in [-0.39, 0.29) is 0 Å². The Morgan fingerprint density at radius 3 is 1.27 bits per heavy atom. The number of fused-ring (bicyclic) bond motifs is 2. The zero-order valence-corrected chi connectivity index (χ0v) is 32.0. The molecule has 0 aliphatic carbocycles. The van der Waals surface area contributed by atoms with Crippen LogP contribution < -0.4 is 0 Å². The molecule has 4 heteroatoms. The van der Waals surface area contributed by atoms with Gasteiger partial charge in [0.1, 0.15) is 5.52 Å². The molecule has 9 rings (SSSR count). The minimum Gasteiger partial charge on any atom is -0.436 e. The van der Waals surface area contributed by atoms with E-state index < -0.39 is 0 Å². The van der Waals surface area contributed by atoms with Crippen LogP contribution in [0.1, 0.15) is 33.4 Å². The third kappa shape index (κ3) is 6.30. The first kappa shape index (κ1) is 34.1. The second-order valence-electron chi connectivity index (χ2n) is 14.9. The molecule has 2 aromatic heterocycles. The van der Waals surface area contributed by atoms with E-state index in [4.69, 9.17) is 14.4 Å². The van der Waals surface area contributed by atoms with Gasteiger partial charge in [-0.25, -0.2) is 15.0 Å². The smallest absolute Gasteiger partial charge is 0.227 e. The Hall–Kier alpha value is -6.65. The minimum atomic E-state index is 0.624. The van der Waals surface area contributed by atoms with E-state index in [1.54, 1.807) is 0 Å². The minimum absolute atomic E-state index is 0.624. The maximum Gasteiger partial charge on any atom is 0.227 e. The Kier molecular flexibility index (Phi) is 8.47. The Labute approximate surface area is 322 Å². The number of hydrogen-bond donors (Lipinski definition) is 0. The van der Waals surface area contributed by atoms with Crippen molar-refractivity contribution in [2.75, 3.05) is 0 Å². The van der Waals surface area contributed by atoms with E-state index in [2.05, 4.69) is 156 Å². The zero-order valence-electron chi connectivity index (χ0n) is 32.0. The monoisotopic (exact) mass is 711 g/mol. The maximum absolute atomic E-state index is 6.01. The highest BCUT2D eigenvalue weighted by Gasteiger charge is 2.21. The Morgan fingerprint density at radius 2 is 0.782 bits per heavy atom. The van der Waals surface area contributed by atoms with Gasteiger partial charge in [0.15, 0.2) is 5.58 Å². The summed E-state index contributed by atoms with van der Waals surface area (Å²) < 4.78 is 6.01. The molecule has 9 aromatic rings. The lowest BCUT2D eigenvalue weighted by Gasteiger charge is -2.20. The molecule has 266 valence electrons. The van der Waals surface area contributed by atoms with Crippen LogP contribution in [-0.4, -0.2) is 15.0 Å². The van der Waals surface area contributed by atoms with Crippen molar-refractivity contribution in [2.24, 2.45) is 0 Å². The van der Waals surface area contributed by atoms with Crippen molar-refractivity contribution < 1.29 is 4.42 Å². The van der Waals surface area contributed by atoms with Gasteiger partial charge in [-0.05, 0) is 134 Å². The van der Waals surface area contributed by atoms with E-state index >= 15 is 0 Å². The summed E-state index contributed by atoms with van der Waals surface area (Å²) in [6, 6.07) is 49.0. The largest absolute Gasteiger partial charge is 0.436 e. The average Bonchev–Trinajstić information content (AvgIpc) is 3.62. The number of nitrogens with zero attached hydrogens (tertiary/aromatic N) is 3. The number of para-hydroxylation sites is 2. The van der Waals surface area contributed by atoms with Crippen molar-refractivity contribution in [2.45, 2.75) is 41.5 Å². The summed E-state index contributed by atoms with van der Waals surface area (Å²) in [4.78, 5) is 15.6. The van der Waals surface area contributed by atoms with Gasteiger partial charge < -0.3 is 4.42 Å². The second-order valence-corrected chi connectivity index (χ2v) is 14.9. The first-order valence-electron chi connectivity index (χ1n) is 18.8. The molecular formula is C51H41N3O. The van der Waals surface area contributed by atoms with Crippen molar-refractivity contribution in [1.29, 1.82) is 0 Å². The molecule has 0 N–H and O–H groups in total. The van der Waals surface area contributed by atoms with Gasteiger partial charge in [0.25, 0.3) is 0 Å². The van der Waals surface area contributed by atoms with Crippen molar-refractivity contribution in [3.63, 3.8) is 0 Å². The Morgan fingerprint density at radius 1 is 0.364 bits per heavy atom. The fourth-order valence-electron chi connectivity index (χ4n) is 8.35. The van der Waals surface area contributed by atoms with Gasteiger partial charge in [0.2, 0.25) is 5.89 Å². The van der Waals surface area contributed by atoms with Crippen LogP contribution in [0.2, 0.25) is 0 Å². The first-order chi connectivity index (χ1) is 26.7. The van der Waals surface area contributed by atoms with Gasteiger partial charge in [-0.15, -0.1) is 0 Å². The highest BCUT2D eigenvalue weighted by atomic mass is 16.3. The summed E-state index contributed by atoms with van der Waals surface area (Å²) in [5, 5.41) is 0. The summed E-state index contributed by atoms with van der Waals surface area (Å²) in [5.74, 6) is 0.624. The number of hydrogen-bond acceptors (Lipinski definition) is 4. The predicted octanol–water partition coefficient (Wildman–Crippen LogP) is 13.6. The lowest BCUT2D eigenvalue weighted by molar-refractivity contribution is 0.620. The summed E-state index contributed by atoms with van der Waals surface area (Å²) in [6.07, 6.45) is 0. The van der Waals surface area contributed by atoms with Gasteiger partial charge in [-0.2, -0.15) is 0 Å². The van der Waals surface area contributed by atoms with Crippen molar-refractivity contribution in [1.82, 2.24) is 15.0 Å². The molecule has 0 spiro atoms. The van der Waals surface area contributed by atoms with E-state index in [1.807, 2.05) is 30.3 Å². The van der Waals surface area contributed by atoms with Crippen molar-refractivity contribution in [3.05, 3.63) is 173 Å². The molecule has 55 heavy (non-hydrogen) atoms. The molecule has 0 aliphatic heterocycles. The summed E-state index contributed by atoms with van der Waals surface area (Å²) in [7, 11) is 0. The van der Waals surface area contributed by atoms with E-state index in [9.17, 15) is 0 Å². The van der Waals surface area contributed by atoms with Crippen LogP contribution in [0.4, 0.5) is 0 Å². The summed E-state index contributed by atoms with van der Waals surface area (Å²) in [5.41, 5.74) is 22.8. The quantitative estimate of drug-likeness (QED) is 0.172. The number of rotatable bonds is 6. The predicted molar refractivity (Wildman–Crippen MR) is 228 cm³/mol. The molecule has 0 fully saturated rings. The average molecular weight is 712 g/mol. The maximum atomic E-state index is 6.01. The lowest BCUT2D eigenvalue weighted by Crippen LogP contribution is -2.00. The van der Waals surface area contributed by atoms with Gasteiger partial charge >= 0.3 is 0 Å².